The molecule has 2 nitrogen and oxygen atoms in total. The number of rotatable bonds is 2. The molecule has 0 aliphatic heterocycles. The van der Waals surface area contributed by atoms with E-state index in [2.05, 4.69) is 24.5 Å². The van der Waals surface area contributed by atoms with Crippen LogP contribution < -0.4 is 5.73 Å². The molecule has 3 unspecified atom stereocenters. The van der Waals surface area contributed by atoms with Crippen LogP contribution in [0.2, 0.25) is 0 Å². The maximum atomic E-state index is 6.25. The second-order valence-electron chi connectivity index (χ2n) is 6.47. The van der Waals surface area contributed by atoms with Crippen molar-refractivity contribution >= 4 is 0 Å². The first kappa shape index (κ1) is 12.3. The third-order valence-electron chi connectivity index (χ3n) is 5.23. The van der Waals surface area contributed by atoms with Gasteiger partial charge >= 0.3 is 0 Å². The predicted molar refractivity (Wildman–Crippen MR) is 75.5 cm³/mol. The summed E-state index contributed by atoms with van der Waals surface area (Å²) < 4.78 is 2.58. The lowest BCUT2D eigenvalue weighted by molar-refractivity contribution is 0.354. The van der Waals surface area contributed by atoms with Crippen LogP contribution in [0.25, 0.3) is 0 Å². The Kier molecular flexibility index (Phi) is 3.23. The van der Waals surface area contributed by atoms with Crippen LogP contribution in [-0.4, -0.2) is 4.57 Å². The quantitative estimate of drug-likeness (QED) is 0.849. The number of hydrogen-bond acceptors (Lipinski definition) is 1. The number of fused-ring (bicyclic) bond motifs is 1. The molecule has 2 N–H and O–H groups in total. The minimum atomic E-state index is 0.287. The first-order chi connectivity index (χ1) is 8.66. The van der Waals surface area contributed by atoms with Crippen LogP contribution in [0, 0.1) is 18.8 Å². The number of nitrogens with zero attached hydrogens (tertiary/aromatic N) is 1. The van der Waals surface area contributed by atoms with Gasteiger partial charge in [-0.3, -0.25) is 0 Å². The third-order valence-corrected chi connectivity index (χ3v) is 5.23. The van der Waals surface area contributed by atoms with E-state index in [0.717, 1.165) is 18.3 Å². The summed E-state index contributed by atoms with van der Waals surface area (Å²) in [7, 11) is 0. The second kappa shape index (κ2) is 4.73. The highest BCUT2D eigenvalue weighted by atomic mass is 15.0. The number of aryl methyl sites for hydroxylation is 1. The fourth-order valence-electron chi connectivity index (χ4n) is 3.98. The Morgan fingerprint density at radius 1 is 1.28 bits per heavy atom. The van der Waals surface area contributed by atoms with Gasteiger partial charge in [-0.25, -0.2) is 0 Å². The largest absolute Gasteiger partial charge is 0.348 e. The van der Waals surface area contributed by atoms with E-state index in [4.69, 9.17) is 5.73 Å². The van der Waals surface area contributed by atoms with Crippen molar-refractivity contribution in [3.8, 4) is 0 Å². The van der Waals surface area contributed by atoms with Crippen LogP contribution in [0.5, 0.6) is 0 Å². The Morgan fingerprint density at radius 3 is 2.83 bits per heavy atom. The van der Waals surface area contributed by atoms with Crippen LogP contribution in [-0.2, 0) is 13.0 Å². The normalized spacial score (nSPS) is 31.6. The fourth-order valence-corrected chi connectivity index (χ4v) is 3.98. The van der Waals surface area contributed by atoms with E-state index in [9.17, 15) is 0 Å². The molecule has 0 radical (unpaired) electrons. The summed E-state index contributed by atoms with van der Waals surface area (Å²) in [4.78, 5) is 0. The van der Waals surface area contributed by atoms with Crippen molar-refractivity contribution in [2.45, 2.75) is 65.0 Å². The molecule has 18 heavy (non-hydrogen) atoms. The van der Waals surface area contributed by atoms with Gasteiger partial charge in [0.05, 0.1) is 0 Å². The zero-order valence-electron chi connectivity index (χ0n) is 11.8. The van der Waals surface area contributed by atoms with Gasteiger partial charge in [-0.05, 0) is 56.1 Å². The SMILES string of the molecule is Cc1cc2c(n1CC1CCCC1C)CCCC2N. The summed E-state index contributed by atoms with van der Waals surface area (Å²) in [6, 6.07) is 2.63. The van der Waals surface area contributed by atoms with Crippen LogP contribution in [0.15, 0.2) is 6.07 Å². The van der Waals surface area contributed by atoms with Gasteiger partial charge in [-0.2, -0.15) is 0 Å². The molecule has 1 aromatic heterocycles. The average Bonchev–Trinajstić information content (AvgIpc) is 2.87. The topological polar surface area (TPSA) is 30.9 Å². The molecule has 1 aromatic rings. The van der Waals surface area contributed by atoms with Crippen molar-refractivity contribution in [3.63, 3.8) is 0 Å². The number of hydrogen-bond donors (Lipinski definition) is 1. The molecular formula is C16H26N2. The van der Waals surface area contributed by atoms with Crippen molar-refractivity contribution in [2.24, 2.45) is 17.6 Å². The monoisotopic (exact) mass is 246 g/mol. The summed E-state index contributed by atoms with van der Waals surface area (Å²) in [6.07, 6.45) is 7.92. The van der Waals surface area contributed by atoms with E-state index in [-0.39, 0.29) is 6.04 Å². The smallest absolute Gasteiger partial charge is 0.0313 e. The van der Waals surface area contributed by atoms with E-state index in [0.29, 0.717) is 0 Å². The molecular weight excluding hydrogens is 220 g/mol. The maximum absolute atomic E-state index is 6.25. The Labute approximate surface area is 111 Å². The average molecular weight is 246 g/mol. The Morgan fingerprint density at radius 2 is 2.11 bits per heavy atom. The molecule has 2 aliphatic carbocycles. The van der Waals surface area contributed by atoms with E-state index in [1.807, 2.05) is 0 Å². The van der Waals surface area contributed by atoms with E-state index in [1.54, 1.807) is 5.69 Å². The highest BCUT2D eigenvalue weighted by Crippen LogP contribution is 2.36. The zero-order chi connectivity index (χ0) is 12.7. The second-order valence-corrected chi connectivity index (χ2v) is 6.47. The fraction of sp³-hybridized carbons (Fsp3) is 0.750. The lowest BCUT2D eigenvalue weighted by Gasteiger charge is -2.24. The molecule has 2 heteroatoms. The molecule has 2 aliphatic rings. The van der Waals surface area contributed by atoms with Crippen molar-refractivity contribution in [1.82, 2.24) is 4.57 Å². The van der Waals surface area contributed by atoms with Gasteiger partial charge in [0.1, 0.15) is 0 Å². The van der Waals surface area contributed by atoms with Crippen LogP contribution in [0.3, 0.4) is 0 Å². The first-order valence-electron chi connectivity index (χ1n) is 7.61. The van der Waals surface area contributed by atoms with Crippen molar-refractivity contribution in [2.75, 3.05) is 0 Å². The first-order valence-corrected chi connectivity index (χ1v) is 7.61. The minimum Gasteiger partial charge on any atom is -0.348 e. The van der Waals surface area contributed by atoms with E-state index >= 15 is 0 Å². The molecule has 0 aromatic carbocycles. The molecule has 0 spiro atoms. The lowest BCUT2D eigenvalue weighted by Crippen LogP contribution is -2.21. The number of aromatic nitrogens is 1. The molecule has 0 amide bonds. The van der Waals surface area contributed by atoms with Crippen LogP contribution >= 0.6 is 0 Å². The van der Waals surface area contributed by atoms with Gasteiger partial charge in [0.25, 0.3) is 0 Å². The van der Waals surface area contributed by atoms with Crippen molar-refractivity contribution < 1.29 is 0 Å². The Hall–Kier alpha value is -0.760. The van der Waals surface area contributed by atoms with Gasteiger partial charge in [0.15, 0.2) is 0 Å². The number of nitrogens with two attached hydrogens (primary N) is 1. The highest BCUT2D eigenvalue weighted by molar-refractivity contribution is 5.32. The van der Waals surface area contributed by atoms with Crippen LogP contribution in [0.1, 0.15) is 62.0 Å². The minimum absolute atomic E-state index is 0.287. The summed E-state index contributed by atoms with van der Waals surface area (Å²) in [5.41, 5.74) is 10.7. The Bertz CT molecular complexity index is 433. The molecule has 3 rings (SSSR count). The third kappa shape index (κ3) is 2.01. The molecule has 3 atom stereocenters. The van der Waals surface area contributed by atoms with Crippen molar-refractivity contribution in [1.29, 1.82) is 0 Å². The van der Waals surface area contributed by atoms with Gasteiger partial charge < -0.3 is 10.3 Å². The summed E-state index contributed by atoms with van der Waals surface area (Å²) in [6.45, 7) is 5.91. The molecule has 1 saturated carbocycles. The molecule has 1 heterocycles. The molecule has 1 fully saturated rings. The molecule has 0 bridgehead atoms. The lowest BCUT2D eigenvalue weighted by atomic mass is 9.93. The zero-order valence-corrected chi connectivity index (χ0v) is 11.8. The highest BCUT2D eigenvalue weighted by Gasteiger charge is 2.27. The molecule has 100 valence electrons. The van der Waals surface area contributed by atoms with E-state index < -0.39 is 0 Å². The molecule has 0 saturated heterocycles. The van der Waals surface area contributed by atoms with Gasteiger partial charge in [0.2, 0.25) is 0 Å². The van der Waals surface area contributed by atoms with Gasteiger partial charge in [-0.15, -0.1) is 0 Å². The summed E-state index contributed by atoms with van der Waals surface area (Å²) in [5.74, 6) is 1.79. The van der Waals surface area contributed by atoms with E-state index in [1.165, 1.54) is 49.9 Å². The van der Waals surface area contributed by atoms with Crippen LogP contribution in [0.4, 0.5) is 0 Å². The standard InChI is InChI=1S/C16H26N2/c1-11-5-3-6-13(11)10-18-12(2)9-14-15(17)7-4-8-16(14)18/h9,11,13,15H,3-8,10,17H2,1-2H3. The van der Waals surface area contributed by atoms with Gasteiger partial charge in [-0.1, -0.05) is 19.8 Å². The summed E-state index contributed by atoms with van der Waals surface area (Å²) >= 11 is 0. The summed E-state index contributed by atoms with van der Waals surface area (Å²) in [5, 5.41) is 0. The maximum Gasteiger partial charge on any atom is 0.0313 e. The predicted octanol–water partition coefficient (Wildman–Crippen LogP) is 3.57. The Balaban J connectivity index is 1.87. The van der Waals surface area contributed by atoms with Crippen molar-refractivity contribution in [3.05, 3.63) is 23.0 Å². The van der Waals surface area contributed by atoms with Gasteiger partial charge in [0, 0.05) is 24.0 Å².